The highest BCUT2D eigenvalue weighted by atomic mass is 16.5. The van der Waals surface area contributed by atoms with Crippen LogP contribution in [0.25, 0.3) is 0 Å². The number of benzene rings is 1. The van der Waals surface area contributed by atoms with Crippen LogP contribution in [0.4, 0.5) is 0 Å². The summed E-state index contributed by atoms with van der Waals surface area (Å²) in [6.07, 6.45) is 1.38. The van der Waals surface area contributed by atoms with Gasteiger partial charge in [0.2, 0.25) is 0 Å². The van der Waals surface area contributed by atoms with E-state index in [1.54, 1.807) is 26.0 Å². The molecule has 0 bridgehead atoms. The Bertz CT molecular complexity index is 534. The minimum atomic E-state index is -0.443. The van der Waals surface area contributed by atoms with Crippen LogP contribution in [0.3, 0.4) is 0 Å². The minimum absolute atomic E-state index is 0.347. The van der Waals surface area contributed by atoms with E-state index in [1.165, 1.54) is 26.4 Å². The van der Waals surface area contributed by atoms with Gasteiger partial charge in [-0.25, -0.2) is 0 Å². The molecular formula is C14H18N2O4. The molecule has 0 saturated carbocycles. The maximum atomic E-state index is 11.9. The van der Waals surface area contributed by atoms with E-state index in [-0.39, 0.29) is 5.91 Å². The first kappa shape index (κ1) is 15.6. The fourth-order valence-corrected chi connectivity index (χ4v) is 1.47. The fraction of sp³-hybridized carbons (Fsp3) is 0.286. The Kier molecular flexibility index (Phi) is 5.58. The fourth-order valence-electron chi connectivity index (χ4n) is 1.47. The summed E-state index contributed by atoms with van der Waals surface area (Å²) in [5.41, 5.74) is 5.79. The molecule has 0 heterocycles. The van der Waals surface area contributed by atoms with Gasteiger partial charge >= 0.3 is 0 Å². The molecule has 20 heavy (non-hydrogen) atoms. The number of amides is 2. The number of hydrogen-bond acceptors (Lipinski definition) is 4. The topological polar surface area (TPSA) is 76.7 Å². The van der Waals surface area contributed by atoms with Gasteiger partial charge in [0.15, 0.2) is 11.5 Å². The van der Waals surface area contributed by atoms with Crippen LogP contribution in [0.2, 0.25) is 0 Å². The number of methoxy groups -OCH3 is 2. The van der Waals surface area contributed by atoms with E-state index < -0.39 is 5.91 Å². The van der Waals surface area contributed by atoms with Crippen LogP contribution in [0.1, 0.15) is 24.2 Å². The zero-order chi connectivity index (χ0) is 15.1. The Labute approximate surface area is 117 Å². The Morgan fingerprint density at radius 1 is 1.05 bits per heavy atom. The monoisotopic (exact) mass is 278 g/mol. The molecule has 0 aliphatic carbocycles. The molecule has 0 atom stereocenters. The molecule has 6 heteroatoms. The maximum Gasteiger partial charge on any atom is 0.269 e. The summed E-state index contributed by atoms with van der Waals surface area (Å²) < 4.78 is 10.2. The Morgan fingerprint density at radius 3 is 2.25 bits per heavy atom. The van der Waals surface area contributed by atoms with E-state index in [0.717, 1.165) is 5.57 Å². The number of ether oxygens (including phenoxy) is 2. The van der Waals surface area contributed by atoms with Crippen LogP contribution in [-0.2, 0) is 4.79 Å². The second-order valence-electron chi connectivity index (χ2n) is 4.23. The Morgan fingerprint density at radius 2 is 1.70 bits per heavy atom. The lowest BCUT2D eigenvalue weighted by Crippen LogP contribution is -2.40. The van der Waals surface area contributed by atoms with E-state index in [1.807, 2.05) is 0 Å². The molecule has 1 aromatic carbocycles. The molecule has 108 valence electrons. The third kappa shape index (κ3) is 4.31. The summed E-state index contributed by atoms with van der Waals surface area (Å²) in [4.78, 5) is 23.2. The van der Waals surface area contributed by atoms with Gasteiger partial charge in [-0.05, 0) is 32.0 Å². The largest absolute Gasteiger partial charge is 0.493 e. The molecule has 0 radical (unpaired) electrons. The van der Waals surface area contributed by atoms with Crippen molar-refractivity contribution in [3.8, 4) is 11.5 Å². The standard InChI is InChI=1S/C14H18N2O4/c1-9(2)7-13(17)15-16-14(18)10-5-6-11(19-3)12(8-10)20-4/h5-8H,1-4H3,(H,15,17)(H,16,18). The van der Waals surface area contributed by atoms with Gasteiger partial charge in [0.25, 0.3) is 11.8 Å². The summed E-state index contributed by atoms with van der Waals surface area (Å²) in [6, 6.07) is 4.72. The molecule has 2 N–H and O–H groups in total. The van der Waals surface area contributed by atoms with E-state index in [4.69, 9.17) is 9.47 Å². The second-order valence-corrected chi connectivity index (χ2v) is 4.23. The number of allylic oxidation sites excluding steroid dienone is 1. The van der Waals surface area contributed by atoms with Gasteiger partial charge in [0, 0.05) is 11.6 Å². The summed E-state index contributed by atoms with van der Waals surface area (Å²) in [6.45, 7) is 3.57. The third-order valence-electron chi connectivity index (χ3n) is 2.36. The number of hydrogen-bond donors (Lipinski definition) is 2. The van der Waals surface area contributed by atoms with Crippen molar-refractivity contribution in [3.63, 3.8) is 0 Å². The average Bonchev–Trinajstić information content (AvgIpc) is 2.43. The van der Waals surface area contributed by atoms with Crippen molar-refractivity contribution >= 4 is 11.8 Å². The Hall–Kier alpha value is -2.50. The van der Waals surface area contributed by atoms with E-state index in [2.05, 4.69) is 10.9 Å². The van der Waals surface area contributed by atoms with Crippen LogP contribution < -0.4 is 20.3 Å². The average molecular weight is 278 g/mol. The van der Waals surface area contributed by atoms with Crippen molar-refractivity contribution in [2.75, 3.05) is 14.2 Å². The zero-order valence-electron chi connectivity index (χ0n) is 11.9. The van der Waals surface area contributed by atoms with Gasteiger partial charge in [-0.2, -0.15) is 0 Å². The Balaban J connectivity index is 2.73. The van der Waals surface area contributed by atoms with Crippen molar-refractivity contribution in [1.29, 1.82) is 0 Å². The molecule has 0 saturated heterocycles. The van der Waals surface area contributed by atoms with Crippen molar-refractivity contribution < 1.29 is 19.1 Å². The summed E-state index contributed by atoms with van der Waals surface area (Å²) in [7, 11) is 2.99. The molecule has 6 nitrogen and oxygen atoms in total. The summed E-state index contributed by atoms with van der Waals surface area (Å²) >= 11 is 0. The minimum Gasteiger partial charge on any atom is -0.493 e. The summed E-state index contributed by atoms with van der Waals surface area (Å²) in [5.74, 6) is 0.133. The van der Waals surface area contributed by atoms with Gasteiger partial charge in [-0.3, -0.25) is 20.4 Å². The third-order valence-corrected chi connectivity index (χ3v) is 2.36. The lowest BCUT2D eigenvalue weighted by atomic mass is 10.2. The highest BCUT2D eigenvalue weighted by molar-refractivity contribution is 5.97. The number of hydrazine groups is 1. The molecular weight excluding hydrogens is 260 g/mol. The van der Waals surface area contributed by atoms with Crippen molar-refractivity contribution in [1.82, 2.24) is 10.9 Å². The highest BCUT2D eigenvalue weighted by Gasteiger charge is 2.10. The first-order valence-corrected chi connectivity index (χ1v) is 5.95. The SMILES string of the molecule is COc1ccc(C(=O)NNC(=O)C=C(C)C)cc1OC. The predicted octanol–water partition coefficient (Wildman–Crippen LogP) is 1.43. The molecule has 2 amide bonds. The van der Waals surface area contributed by atoms with Gasteiger partial charge in [-0.15, -0.1) is 0 Å². The number of carbonyl (C=O) groups excluding carboxylic acids is 2. The van der Waals surface area contributed by atoms with Crippen molar-refractivity contribution in [2.24, 2.45) is 0 Å². The van der Waals surface area contributed by atoms with Crippen molar-refractivity contribution in [3.05, 3.63) is 35.4 Å². The maximum absolute atomic E-state index is 11.9. The smallest absolute Gasteiger partial charge is 0.269 e. The number of carbonyl (C=O) groups is 2. The van der Waals surface area contributed by atoms with E-state index >= 15 is 0 Å². The molecule has 0 aliphatic heterocycles. The molecule has 1 rings (SSSR count). The lowest BCUT2D eigenvalue weighted by Gasteiger charge is -2.10. The molecule has 0 unspecified atom stereocenters. The first-order valence-electron chi connectivity index (χ1n) is 5.95. The quantitative estimate of drug-likeness (QED) is 0.645. The molecule has 0 aliphatic rings. The van der Waals surface area contributed by atoms with Crippen LogP contribution in [-0.4, -0.2) is 26.0 Å². The molecule has 1 aromatic rings. The van der Waals surface area contributed by atoms with E-state index in [0.29, 0.717) is 17.1 Å². The van der Waals surface area contributed by atoms with Gasteiger partial charge in [0.05, 0.1) is 14.2 Å². The highest BCUT2D eigenvalue weighted by Crippen LogP contribution is 2.27. The first-order chi connectivity index (χ1) is 9.47. The van der Waals surface area contributed by atoms with Crippen LogP contribution >= 0.6 is 0 Å². The van der Waals surface area contributed by atoms with Gasteiger partial charge in [0.1, 0.15) is 0 Å². The van der Waals surface area contributed by atoms with Crippen molar-refractivity contribution in [2.45, 2.75) is 13.8 Å². The van der Waals surface area contributed by atoms with Gasteiger partial charge < -0.3 is 9.47 Å². The van der Waals surface area contributed by atoms with E-state index in [9.17, 15) is 9.59 Å². The molecule has 0 fully saturated rings. The second kappa shape index (κ2) is 7.18. The normalized spacial score (nSPS) is 9.40. The van der Waals surface area contributed by atoms with Crippen LogP contribution in [0.5, 0.6) is 11.5 Å². The number of rotatable bonds is 4. The van der Waals surface area contributed by atoms with Crippen LogP contribution in [0, 0.1) is 0 Å². The molecule has 0 aromatic heterocycles. The zero-order valence-corrected chi connectivity index (χ0v) is 11.9. The lowest BCUT2D eigenvalue weighted by molar-refractivity contribution is -0.117. The van der Waals surface area contributed by atoms with Crippen LogP contribution in [0.15, 0.2) is 29.8 Å². The number of nitrogens with one attached hydrogen (secondary N) is 2. The summed E-state index contributed by atoms with van der Waals surface area (Å²) in [5, 5.41) is 0. The van der Waals surface area contributed by atoms with Gasteiger partial charge in [-0.1, -0.05) is 5.57 Å². The molecule has 0 spiro atoms. The predicted molar refractivity (Wildman–Crippen MR) is 74.6 cm³/mol.